The van der Waals surface area contributed by atoms with Crippen LogP contribution in [-0.2, 0) is 11.2 Å². The van der Waals surface area contributed by atoms with E-state index < -0.39 is 0 Å². The van der Waals surface area contributed by atoms with Crippen LogP contribution in [0.1, 0.15) is 53.6 Å². The Labute approximate surface area is 119 Å². The molecule has 4 heteroatoms. The average Bonchev–Trinajstić information content (AvgIpc) is 3.10. The third-order valence-corrected chi connectivity index (χ3v) is 4.40. The normalized spacial score (nSPS) is 14.9. The van der Waals surface area contributed by atoms with Crippen molar-refractivity contribution in [3.05, 3.63) is 21.9 Å². The van der Waals surface area contributed by atoms with E-state index in [4.69, 9.17) is 5.11 Å². The van der Waals surface area contributed by atoms with Gasteiger partial charge in [-0.1, -0.05) is 26.2 Å². The lowest BCUT2D eigenvalue weighted by atomic mass is 10.1. The summed E-state index contributed by atoms with van der Waals surface area (Å²) in [6.45, 7) is 2.54. The zero-order chi connectivity index (χ0) is 14.1. The van der Waals surface area contributed by atoms with Gasteiger partial charge in [-0.05, 0) is 37.3 Å². The summed E-state index contributed by atoms with van der Waals surface area (Å²) < 4.78 is 4.60. The highest BCUT2D eigenvalue weighted by molar-refractivity contribution is 7.13. The predicted molar refractivity (Wildman–Crippen MR) is 78.7 cm³/mol. The van der Waals surface area contributed by atoms with Crippen molar-refractivity contribution in [3.8, 4) is 0 Å². The number of carbonyl (C=O) groups is 1. The number of ether oxygens (including phenoxy) is 1. The summed E-state index contributed by atoms with van der Waals surface area (Å²) in [4.78, 5) is 13.0. The van der Waals surface area contributed by atoms with Crippen LogP contribution < -0.4 is 0 Å². The van der Waals surface area contributed by atoms with E-state index in [2.05, 4.69) is 11.7 Å². The van der Waals surface area contributed by atoms with E-state index in [9.17, 15) is 4.79 Å². The molecule has 1 aromatic heterocycles. The van der Waals surface area contributed by atoms with Gasteiger partial charge in [0.1, 0.15) is 4.88 Å². The monoisotopic (exact) mass is 284 g/mol. The molecular formula is C15H24O3S. The third kappa shape index (κ3) is 5.74. The molecule has 0 aliphatic heterocycles. The number of rotatable bonds is 4. The number of aliphatic hydroxyl groups is 1. The molecule has 3 nitrogen and oxygen atoms in total. The number of carbonyl (C=O) groups excluding carboxylic acids is 1. The van der Waals surface area contributed by atoms with Crippen molar-refractivity contribution in [3.63, 3.8) is 0 Å². The van der Waals surface area contributed by atoms with E-state index in [1.54, 1.807) is 0 Å². The quantitative estimate of drug-likeness (QED) is 0.858. The zero-order valence-corrected chi connectivity index (χ0v) is 12.7. The van der Waals surface area contributed by atoms with Crippen LogP contribution in [0.15, 0.2) is 12.1 Å². The highest BCUT2D eigenvalue weighted by Gasteiger charge is 2.12. The van der Waals surface area contributed by atoms with E-state index in [0.717, 1.165) is 12.8 Å². The molecule has 0 radical (unpaired) electrons. The van der Waals surface area contributed by atoms with Gasteiger partial charge >= 0.3 is 5.97 Å². The van der Waals surface area contributed by atoms with E-state index in [1.165, 1.54) is 49.0 Å². The van der Waals surface area contributed by atoms with Gasteiger partial charge in [0, 0.05) is 11.5 Å². The number of aliphatic hydroxyl groups excluding tert-OH is 1. The Morgan fingerprint density at radius 1 is 1.42 bits per heavy atom. The highest BCUT2D eigenvalue weighted by Crippen LogP contribution is 2.23. The van der Waals surface area contributed by atoms with Crippen LogP contribution in [-0.4, -0.2) is 24.8 Å². The molecule has 0 aromatic carbocycles. The van der Waals surface area contributed by atoms with Crippen LogP contribution in [0, 0.1) is 5.92 Å². The van der Waals surface area contributed by atoms with Crippen molar-refractivity contribution in [2.45, 2.75) is 45.4 Å². The van der Waals surface area contributed by atoms with Gasteiger partial charge < -0.3 is 9.84 Å². The third-order valence-electron chi connectivity index (χ3n) is 3.28. The van der Waals surface area contributed by atoms with Gasteiger partial charge in [-0.2, -0.15) is 0 Å². The fourth-order valence-electron chi connectivity index (χ4n) is 2.16. The minimum absolute atomic E-state index is 0.234. The Morgan fingerprint density at radius 3 is 2.58 bits per heavy atom. The van der Waals surface area contributed by atoms with Gasteiger partial charge in [-0.15, -0.1) is 11.3 Å². The first-order valence-corrected chi connectivity index (χ1v) is 7.80. The lowest BCUT2D eigenvalue weighted by Gasteiger charge is -1.98. The first-order chi connectivity index (χ1) is 9.21. The van der Waals surface area contributed by atoms with Crippen molar-refractivity contribution in [2.24, 2.45) is 5.92 Å². The standard InChI is InChI=1S/C9H12O2S.C6H12O/c1-3-4-7-5-6-8(12-7)9(10)11-2;7-5-6-3-1-2-4-6/h5-6H,3-4H2,1-2H3;6-7H,1-5H2. The molecule has 19 heavy (non-hydrogen) atoms. The molecule has 0 amide bonds. The second kappa shape index (κ2) is 9.10. The second-order valence-corrected chi connectivity index (χ2v) is 6.01. The number of esters is 1. The van der Waals surface area contributed by atoms with E-state index in [0.29, 0.717) is 17.4 Å². The van der Waals surface area contributed by atoms with Gasteiger partial charge in [-0.25, -0.2) is 4.79 Å². The Kier molecular flexibility index (Phi) is 7.75. The summed E-state index contributed by atoms with van der Waals surface area (Å²) >= 11 is 1.52. The SMILES string of the molecule is CCCc1ccc(C(=O)OC)s1.OCC1CCCC1. The largest absolute Gasteiger partial charge is 0.465 e. The number of aryl methyl sites for hydroxylation is 1. The maximum atomic E-state index is 11.0. The molecule has 1 aliphatic rings. The molecule has 108 valence electrons. The summed E-state index contributed by atoms with van der Waals surface area (Å²) in [5, 5.41) is 8.57. The molecule has 1 aromatic rings. The van der Waals surface area contributed by atoms with E-state index >= 15 is 0 Å². The van der Waals surface area contributed by atoms with Crippen molar-refractivity contribution < 1.29 is 14.6 Å². The fourth-order valence-corrected chi connectivity index (χ4v) is 3.19. The average molecular weight is 284 g/mol. The van der Waals surface area contributed by atoms with Crippen LogP contribution in [0.5, 0.6) is 0 Å². The van der Waals surface area contributed by atoms with Crippen LogP contribution in [0.2, 0.25) is 0 Å². The lowest BCUT2D eigenvalue weighted by Crippen LogP contribution is -1.97. The molecule has 0 saturated heterocycles. The Bertz CT molecular complexity index is 367. The van der Waals surface area contributed by atoms with Gasteiger partial charge in [0.05, 0.1) is 7.11 Å². The molecular weight excluding hydrogens is 260 g/mol. The molecule has 0 bridgehead atoms. The maximum absolute atomic E-state index is 11.0. The summed E-state index contributed by atoms with van der Waals surface area (Å²) in [6, 6.07) is 3.81. The van der Waals surface area contributed by atoms with Gasteiger partial charge in [0.15, 0.2) is 0 Å². The van der Waals surface area contributed by atoms with Crippen molar-refractivity contribution in [1.29, 1.82) is 0 Å². The van der Waals surface area contributed by atoms with Crippen molar-refractivity contribution in [1.82, 2.24) is 0 Å². The van der Waals surface area contributed by atoms with E-state index in [1.807, 2.05) is 12.1 Å². The second-order valence-electron chi connectivity index (χ2n) is 4.84. The van der Waals surface area contributed by atoms with Crippen molar-refractivity contribution >= 4 is 17.3 Å². The minimum atomic E-state index is -0.234. The highest BCUT2D eigenvalue weighted by atomic mass is 32.1. The van der Waals surface area contributed by atoms with Crippen molar-refractivity contribution in [2.75, 3.05) is 13.7 Å². The first-order valence-electron chi connectivity index (χ1n) is 6.99. The number of thiophene rings is 1. The Morgan fingerprint density at radius 2 is 2.11 bits per heavy atom. The summed E-state index contributed by atoms with van der Waals surface area (Å²) in [5.74, 6) is 0.419. The molecule has 1 fully saturated rings. The molecule has 0 unspecified atom stereocenters. The fraction of sp³-hybridized carbons (Fsp3) is 0.667. The zero-order valence-electron chi connectivity index (χ0n) is 11.9. The summed E-state index contributed by atoms with van der Waals surface area (Å²) in [7, 11) is 1.40. The molecule has 1 heterocycles. The van der Waals surface area contributed by atoms with Gasteiger partial charge in [0.25, 0.3) is 0 Å². The lowest BCUT2D eigenvalue weighted by molar-refractivity contribution is 0.0606. The smallest absolute Gasteiger partial charge is 0.348 e. The van der Waals surface area contributed by atoms with E-state index in [-0.39, 0.29) is 5.97 Å². The van der Waals surface area contributed by atoms with Crippen LogP contribution in [0.25, 0.3) is 0 Å². The number of hydrogen-bond acceptors (Lipinski definition) is 4. The molecule has 0 atom stereocenters. The molecule has 2 rings (SSSR count). The molecule has 1 aliphatic carbocycles. The summed E-state index contributed by atoms with van der Waals surface area (Å²) in [6.07, 6.45) is 7.35. The summed E-state index contributed by atoms with van der Waals surface area (Å²) in [5.41, 5.74) is 0. The van der Waals surface area contributed by atoms with Crippen LogP contribution in [0.3, 0.4) is 0 Å². The molecule has 1 N–H and O–H groups in total. The molecule has 0 spiro atoms. The van der Waals surface area contributed by atoms with Gasteiger partial charge in [-0.3, -0.25) is 0 Å². The Hall–Kier alpha value is -0.870. The van der Waals surface area contributed by atoms with Crippen LogP contribution >= 0.6 is 11.3 Å². The first kappa shape index (κ1) is 16.2. The van der Waals surface area contributed by atoms with Gasteiger partial charge in [0.2, 0.25) is 0 Å². The number of hydrogen-bond donors (Lipinski definition) is 1. The Balaban J connectivity index is 0.000000218. The molecule has 1 saturated carbocycles. The van der Waals surface area contributed by atoms with Crippen LogP contribution in [0.4, 0.5) is 0 Å². The predicted octanol–water partition coefficient (Wildman–Crippen LogP) is 3.66. The maximum Gasteiger partial charge on any atom is 0.348 e. The minimum Gasteiger partial charge on any atom is -0.465 e. The topological polar surface area (TPSA) is 46.5 Å². The number of methoxy groups -OCH3 is 1.